The van der Waals surface area contributed by atoms with Crippen LogP contribution < -0.4 is 10.6 Å². The lowest BCUT2D eigenvalue weighted by molar-refractivity contribution is -0.142. The van der Waals surface area contributed by atoms with E-state index in [9.17, 15) is 22.8 Å². The highest BCUT2D eigenvalue weighted by Gasteiger charge is 2.42. The first-order valence-corrected chi connectivity index (χ1v) is 11.3. The second-order valence-corrected chi connectivity index (χ2v) is 8.76. The van der Waals surface area contributed by atoms with E-state index in [0.717, 1.165) is 23.2 Å². The third-order valence-corrected chi connectivity index (χ3v) is 6.35. The first-order valence-electron chi connectivity index (χ1n) is 10.5. The predicted molar refractivity (Wildman–Crippen MR) is 119 cm³/mol. The Bertz CT molecular complexity index is 1260. The van der Waals surface area contributed by atoms with Gasteiger partial charge in [0.15, 0.2) is 5.69 Å². The quantitative estimate of drug-likeness (QED) is 0.472. The van der Waals surface area contributed by atoms with Crippen LogP contribution in [0.15, 0.2) is 16.9 Å². The minimum atomic E-state index is -4.65. The lowest BCUT2D eigenvalue weighted by Gasteiger charge is -2.11. The first kappa shape index (κ1) is 24.0. The highest BCUT2D eigenvalue weighted by molar-refractivity contribution is 9.10. The summed E-state index contributed by atoms with van der Waals surface area (Å²) in [4.78, 5) is 25.8. The average molecular weight is 543 g/mol. The molecule has 3 aromatic rings. The Kier molecular flexibility index (Phi) is 6.27. The largest absolute Gasteiger partial charge is 0.436 e. The molecule has 1 aliphatic rings. The van der Waals surface area contributed by atoms with Crippen LogP contribution in [-0.2, 0) is 31.1 Å². The molecule has 4 rings (SSSR count). The SMILES string of the molecule is CCn1ncc(NC(=O)Cn2nc(C(F)(F)F)c(Br)c2C2CC2)c1C(=O)Nc1cnn(C)c1C. The lowest BCUT2D eigenvalue weighted by Crippen LogP contribution is -2.24. The molecule has 0 atom stereocenters. The van der Waals surface area contributed by atoms with Gasteiger partial charge in [-0.25, -0.2) is 0 Å². The molecule has 0 unspecified atom stereocenters. The molecule has 0 bridgehead atoms. The Morgan fingerprint density at radius 3 is 2.38 bits per heavy atom. The number of amides is 2. The number of rotatable bonds is 7. The number of nitrogens with zero attached hydrogens (tertiary/aromatic N) is 6. The Morgan fingerprint density at radius 1 is 1.15 bits per heavy atom. The topological polar surface area (TPSA) is 112 Å². The zero-order valence-corrected chi connectivity index (χ0v) is 20.2. The summed E-state index contributed by atoms with van der Waals surface area (Å²) in [6.45, 7) is 3.49. The van der Waals surface area contributed by atoms with Crippen molar-refractivity contribution in [3.05, 3.63) is 39.6 Å². The number of halogens is 4. The molecule has 10 nitrogen and oxygen atoms in total. The zero-order chi connectivity index (χ0) is 24.8. The average Bonchev–Trinajstić information content (AvgIpc) is 3.32. The number of anilines is 2. The van der Waals surface area contributed by atoms with E-state index in [4.69, 9.17) is 0 Å². The third-order valence-electron chi connectivity index (χ3n) is 5.57. The van der Waals surface area contributed by atoms with Crippen molar-refractivity contribution in [2.75, 3.05) is 10.6 Å². The Balaban J connectivity index is 1.56. The van der Waals surface area contributed by atoms with Crippen molar-refractivity contribution >= 4 is 39.1 Å². The van der Waals surface area contributed by atoms with Crippen LogP contribution in [0.1, 0.15) is 53.3 Å². The van der Waals surface area contributed by atoms with Crippen LogP contribution in [0.5, 0.6) is 0 Å². The molecule has 0 aliphatic heterocycles. The van der Waals surface area contributed by atoms with Crippen LogP contribution in [-0.4, -0.2) is 41.2 Å². The molecule has 0 saturated heterocycles. The zero-order valence-electron chi connectivity index (χ0n) is 18.6. The van der Waals surface area contributed by atoms with Gasteiger partial charge < -0.3 is 10.6 Å². The molecule has 2 N–H and O–H groups in total. The maximum Gasteiger partial charge on any atom is 0.436 e. The minimum absolute atomic E-state index is 0.0855. The van der Waals surface area contributed by atoms with E-state index in [1.165, 1.54) is 17.1 Å². The summed E-state index contributed by atoms with van der Waals surface area (Å²) < 4.78 is 44.0. The summed E-state index contributed by atoms with van der Waals surface area (Å²) in [5.74, 6) is -1.23. The van der Waals surface area contributed by atoms with Gasteiger partial charge in [0.05, 0.1) is 39.6 Å². The molecule has 3 aromatic heterocycles. The highest BCUT2D eigenvalue weighted by Crippen LogP contribution is 2.47. The monoisotopic (exact) mass is 542 g/mol. The molecule has 0 aromatic carbocycles. The van der Waals surface area contributed by atoms with Gasteiger partial charge in [-0.15, -0.1) is 0 Å². The van der Waals surface area contributed by atoms with E-state index < -0.39 is 30.2 Å². The Hall–Kier alpha value is -3.16. The van der Waals surface area contributed by atoms with E-state index in [1.54, 1.807) is 25.6 Å². The third kappa shape index (κ3) is 4.58. The number of aromatic nitrogens is 6. The number of hydrogen-bond donors (Lipinski definition) is 2. The maximum atomic E-state index is 13.3. The van der Waals surface area contributed by atoms with Gasteiger partial charge in [0.1, 0.15) is 12.2 Å². The van der Waals surface area contributed by atoms with Crippen molar-refractivity contribution < 1.29 is 22.8 Å². The smallest absolute Gasteiger partial charge is 0.321 e. The van der Waals surface area contributed by atoms with Crippen molar-refractivity contribution in [1.82, 2.24) is 29.3 Å². The molecule has 2 amide bonds. The lowest BCUT2D eigenvalue weighted by atomic mass is 10.2. The molecule has 1 aliphatic carbocycles. The van der Waals surface area contributed by atoms with Gasteiger partial charge in [0, 0.05) is 19.5 Å². The molecule has 0 spiro atoms. The van der Waals surface area contributed by atoms with Crippen molar-refractivity contribution in [2.45, 2.75) is 51.9 Å². The fraction of sp³-hybridized carbons (Fsp3) is 0.450. The summed E-state index contributed by atoms with van der Waals surface area (Å²) in [6.07, 6.45) is -0.364. The second-order valence-electron chi connectivity index (χ2n) is 7.97. The standard InChI is InChI=1S/C20H22BrF3N8O2/c1-4-31-17(19(34)28-12-7-25-30(3)10(12)2)13(8-26-31)27-14(33)9-32-16(11-5-6-11)15(21)18(29-32)20(22,23)24/h7-8,11H,4-6,9H2,1-3H3,(H,27,33)(H,28,34). The fourth-order valence-corrected chi connectivity index (χ4v) is 4.42. The molecule has 1 saturated carbocycles. The maximum absolute atomic E-state index is 13.3. The Labute approximate surface area is 200 Å². The fourth-order valence-electron chi connectivity index (χ4n) is 3.59. The highest BCUT2D eigenvalue weighted by atomic mass is 79.9. The van der Waals surface area contributed by atoms with E-state index >= 15 is 0 Å². The predicted octanol–water partition coefficient (Wildman–Crippen LogP) is 3.69. The van der Waals surface area contributed by atoms with E-state index in [-0.39, 0.29) is 21.8 Å². The molecule has 14 heteroatoms. The van der Waals surface area contributed by atoms with Gasteiger partial charge in [0.2, 0.25) is 5.91 Å². The summed E-state index contributed by atoms with van der Waals surface area (Å²) in [7, 11) is 1.74. The summed E-state index contributed by atoms with van der Waals surface area (Å²) in [6, 6.07) is 0. The number of nitrogens with one attached hydrogen (secondary N) is 2. The van der Waals surface area contributed by atoms with E-state index in [2.05, 4.69) is 41.9 Å². The van der Waals surface area contributed by atoms with Gasteiger partial charge in [-0.1, -0.05) is 0 Å². The molecular formula is C20H22BrF3N8O2. The summed E-state index contributed by atoms with van der Waals surface area (Å²) >= 11 is 3.01. The number of alkyl halides is 3. The van der Waals surface area contributed by atoms with Crippen LogP contribution in [0.4, 0.5) is 24.5 Å². The molecule has 34 heavy (non-hydrogen) atoms. The van der Waals surface area contributed by atoms with Crippen molar-refractivity contribution in [1.29, 1.82) is 0 Å². The Morgan fingerprint density at radius 2 is 1.82 bits per heavy atom. The van der Waals surface area contributed by atoms with Crippen LogP contribution >= 0.6 is 15.9 Å². The molecule has 3 heterocycles. The summed E-state index contributed by atoms with van der Waals surface area (Å²) in [5, 5.41) is 17.2. The van der Waals surface area contributed by atoms with Crippen LogP contribution in [0.3, 0.4) is 0 Å². The van der Waals surface area contributed by atoms with Gasteiger partial charge in [0.25, 0.3) is 5.91 Å². The molecular weight excluding hydrogens is 521 g/mol. The van der Waals surface area contributed by atoms with Crippen molar-refractivity contribution in [3.8, 4) is 0 Å². The van der Waals surface area contributed by atoms with Gasteiger partial charge in [-0.05, 0) is 42.6 Å². The molecule has 1 fully saturated rings. The minimum Gasteiger partial charge on any atom is -0.321 e. The summed E-state index contributed by atoms with van der Waals surface area (Å²) in [5.41, 5.74) is 0.771. The van der Waals surface area contributed by atoms with Gasteiger partial charge in [-0.3, -0.25) is 23.6 Å². The van der Waals surface area contributed by atoms with E-state index in [0.29, 0.717) is 17.9 Å². The number of carbonyl (C=O) groups is 2. The number of carbonyl (C=O) groups excluding carboxylic acids is 2. The normalized spacial score (nSPS) is 13.9. The van der Waals surface area contributed by atoms with Crippen molar-refractivity contribution in [2.24, 2.45) is 7.05 Å². The van der Waals surface area contributed by atoms with Crippen LogP contribution in [0.25, 0.3) is 0 Å². The molecule has 182 valence electrons. The first-order chi connectivity index (χ1) is 16.0. The molecule has 0 radical (unpaired) electrons. The van der Waals surface area contributed by atoms with Gasteiger partial charge in [-0.2, -0.15) is 28.5 Å². The second kappa shape index (κ2) is 8.89. The number of hydrogen-bond acceptors (Lipinski definition) is 5. The number of aryl methyl sites for hydroxylation is 2. The van der Waals surface area contributed by atoms with Crippen LogP contribution in [0.2, 0.25) is 0 Å². The van der Waals surface area contributed by atoms with Crippen molar-refractivity contribution in [3.63, 3.8) is 0 Å². The van der Waals surface area contributed by atoms with E-state index in [1.807, 2.05) is 0 Å². The van der Waals surface area contributed by atoms with Gasteiger partial charge >= 0.3 is 6.18 Å². The van der Waals surface area contributed by atoms with Crippen LogP contribution in [0, 0.1) is 6.92 Å².